The highest BCUT2D eigenvalue weighted by Crippen LogP contribution is 2.51. The summed E-state index contributed by atoms with van der Waals surface area (Å²) in [4.78, 5) is 35.6. The van der Waals surface area contributed by atoms with Crippen LogP contribution in [0, 0.1) is 10.1 Å². The number of ether oxygens (including phenoxy) is 1. The van der Waals surface area contributed by atoms with Gasteiger partial charge in [-0.3, -0.25) is 14.9 Å². The van der Waals surface area contributed by atoms with E-state index in [1.807, 2.05) is 0 Å². The van der Waals surface area contributed by atoms with Gasteiger partial charge in [0.15, 0.2) is 0 Å². The normalized spacial score (nSPS) is 12.1. The van der Waals surface area contributed by atoms with E-state index in [2.05, 4.69) is 0 Å². The Kier molecular flexibility index (Phi) is 3.25. The molecule has 0 spiro atoms. The molecule has 0 aliphatic heterocycles. The van der Waals surface area contributed by atoms with E-state index >= 15 is 0 Å². The van der Waals surface area contributed by atoms with Crippen LogP contribution in [0.5, 0.6) is 11.5 Å². The number of carbonyl (C=O) groups is 2. The van der Waals surface area contributed by atoms with Crippen LogP contribution in [0.3, 0.4) is 0 Å². The molecule has 130 valence electrons. The first kappa shape index (κ1) is 16.0. The molecule has 4 rings (SSSR count). The average molecular weight is 371 g/mol. The third kappa shape index (κ3) is 1.88. The van der Waals surface area contributed by atoms with Gasteiger partial charge in [0.05, 0.1) is 23.2 Å². The molecule has 0 bridgehead atoms. The maximum absolute atomic E-state index is 12.9. The van der Waals surface area contributed by atoms with Crippen LogP contribution >= 0.6 is 11.3 Å². The summed E-state index contributed by atoms with van der Waals surface area (Å²) in [5, 5.41) is 32.0. The number of hydrogen-bond donors (Lipinski definition) is 2. The Hall–Kier alpha value is -3.46. The second-order valence-corrected chi connectivity index (χ2v) is 6.62. The van der Waals surface area contributed by atoms with Crippen molar-refractivity contribution >= 4 is 38.9 Å². The quantitative estimate of drug-likeness (QED) is 0.315. The fourth-order valence-corrected chi connectivity index (χ4v) is 4.34. The van der Waals surface area contributed by atoms with Crippen molar-refractivity contribution in [1.29, 1.82) is 0 Å². The summed E-state index contributed by atoms with van der Waals surface area (Å²) in [6, 6.07) is 5.25. The number of rotatable bonds is 2. The van der Waals surface area contributed by atoms with E-state index < -0.39 is 28.1 Å². The zero-order valence-corrected chi connectivity index (χ0v) is 13.9. The van der Waals surface area contributed by atoms with Crippen molar-refractivity contribution in [1.82, 2.24) is 0 Å². The van der Waals surface area contributed by atoms with Crippen LogP contribution in [0.1, 0.15) is 25.6 Å². The first-order valence-corrected chi connectivity index (χ1v) is 8.10. The smallest absolute Gasteiger partial charge is 0.348 e. The van der Waals surface area contributed by atoms with Gasteiger partial charge >= 0.3 is 11.7 Å². The van der Waals surface area contributed by atoms with Crippen LogP contribution in [0.15, 0.2) is 24.3 Å². The fraction of sp³-hybridized carbons (Fsp3) is 0.0588. The number of fused-ring (bicyclic) bond motifs is 2. The van der Waals surface area contributed by atoms with Crippen molar-refractivity contribution < 1.29 is 29.5 Å². The lowest BCUT2D eigenvalue weighted by atomic mass is 9.83. The maximum atomic E-state index is 12.9. The number of nitro groups is 1. The average Bonchev–Trinajstić information content (AvgIpc) is 2.99. The third-order valence-corrected chi connectivity index (χ3v) is 5.42. The van der Waals surface area contributed by atoms with Crippen molar-refractivity contribution in [3.63, 3.8) is 0 Å². The molecule has 3 aromatic rings. The van der Waals surface area contributed by atoms with Crippen molar-refractivity contribution in [2.45, 2.75) is 0 Å². The maximum Gasteiger partial charge on any atom is 0.348 e. The van der Waals surface area contributed by atoms with Gasteiger partial charge in [-0.25, -0.2) is 4.79 Å². The van der Waals surface area contributed by atoms with Gasteiger partial charge in [-0.2, -0.15) is 0 Å². The van der Waals surface area contributed by atoms with E-state index in [0.29, 0.717) is 15.6 Å². The molecular weight excluding hydrogens is 362 g/mol. The van der Waals surface area contributed by atoms with Gasteiger partial charge in [-0.05, 0) is 23.8 Å². The van der Waals surface area contributed by atoms with E-state index in [1.165, 1.54) is 19.2 Å². The van der Waals surface area contributed by atoms with Crippen LogP contribution in [-0.2, 0) is 4.74 Å². The number of ketones is 1. The third-order valence-electron chi connectivity index (χ3n) is 4.28. The number of thiophene rings is 1. The van der Waals surface area contributed by atoms with E-state index in [4.69, 9.17) is 4.74 Å². The van der Waals surface area contributed by atoms with Crippen molar-refractivity contribution in [3.8, 4) is 22.6 Å². The van der Waals surface area contributed by atoms with Gasteiger partial charge < -0.3 is 14.9 Å². The first-order chi connectivity index (χ1) is 12.4. The molecule has 8 nitrogen and oxygen atoms in total. The van der Waals surface area contributed by atoms with Gasteiger partial charge in [0, 0.05) is 21.7 Å². The number of nitro benzene ring substituents is 1. The van der Waals surface area contributed by atoms with Gasteiger partial charge in [0.25, 0.3) is 0 Å². The minimum atomic E-state index is -0.812. The van der Waals surface area contributed by atoms with Crippen molar-refractivity contribution in [2.75, 3.05) is 7.11 Å². The van der Waals surface area contributed by atoms with E-state index in [9.17, 15) is 29.9 Å². The lowest BCUT2D eigenvalue weighted by Crippen LogP contribution is -2.12. The number of nitrogens with zero attached hydrogens (tertiary/aromatic N) is 1. The molecule has 0 saturated carbocycles. The zero-order chi connectivity index (χ0) is 18.7. The number of benzene rings is 2. The van der Waals surface area contributed by atoms with E-state index in [1.54, 1.807) is 6.07 Å². The predicted molar refractivity (Wildman–Crippen MR) is 92.0 cm³/mol. The summed E-state index contributed by atoms with van der Waals surface area (Å²) in [5.74, 6) is -2.54. The Bertz CT molecular complexity index is 1160. The van der Waals surface area contributed by atoms with Crippen LogP contribution in [-0.4, -0.2) is 34.0 Å². The number of phenols is 2. The van der Waals surface area contributed by atoms with Crippen molar-refractivity contribution in [3.05, 3.63) is 50.4 Å². The number of phenolic OH excluding ortho intramolecular Hbond substituents is 2. The molecular formula is C17H9NO7S. The summed E-state index contributed by atoms with van der Waals surface area (Å²) >= 11 is 1.07. The summed E-state index contributed by atoms with van der Waals surface area (Å²) < 4.78 is 5.36. The molecule has 0 atom stereocenters. The molecule has 1 aromatic heterocycles. The molecule has 1 heterocycles. The van der Waals surface area contributed by atoms with Crippen molar-refractivity contribution in [2.24, 2.45) is 0 Å². The highest BCUT2D eigenvalue weighted by atomic mass is 32.1. The van der Waals surface area contributed by atoms with Gasteiger partial charge in [-0.15, -0.1) is 11.3 Å². The lowest BCUT2D eigenvalue weighted by Gasteiger charge is -2.18. The molecule has 2 N–H and O–H groups in total. The molecule has 1 aliphatic rings. The molecule has 0 fully saturated rings. The molecule has 1 aliphatic carbocycles. The molecule has 0 amide bonds. The van der Waals surface area contributed by atoms with Gasteiger partial charge in [0.1, 0.15) is 10.6 Å². The largest absolute Gasteiger partial charge is 0.507 e. The Balaban J connectivity index is 2.21. The molecule has 26 heavy (non-hydrogen) atoms. The van der Waals surface area contributed by atoms with Crippen LogP contribution in [0.4, 0.5) is 5.69 Å². The van der Waals surface area contributed by atoms with E-state index in [-0.39, 0.29) is 27.3 Å². The number of carbonyl (C=O) groups excluding carboxylic acids is 2. The monoisotopic (exact) mass is 371 g/mol. The predicted octanol–water partition coefficient (Wildman–Crippen LogP) is 3.22. The zero-order valence-electron chi connectivity index (χ0n) is 13.1. The summed E-state index contributed by atoms with van der Waals surface area (Å²) in [5.41, 5.74) is -0.572. The molecule has 0 radical (unpaired) electrons. The van der Waals surface area contributed by atoms with E-state index in [0.717, 1.165) is 17.4 Å². The fourth-order valence-electron chi connectivity index (χ4n) is 3.19. The summed E-state index contributed by atoms with van der Waals surface area (Å²) in [7, 11) is 1.21. The Morgan fingerprint density at radius 2 is 1.88 bits per heavy atom. The number of esters is 1. The second-order valence-electron chi connectivity index (χ2n) is 5.57. The molecule has 9 heteroatoms. The number of aromatic hydroxyl groups is 2. The van der Waals surface area contributed by atoms with Gasteiger partial charge in [-0.1, -0.05) is 0 Å². The highest BCUT2D eigenvalue weighted by Gasteiger charge is 2.37. The van der Waals surface area contributed by atoms with Crippen LogP contribution in [0.2, 0.25) is 0 Å². The Morgan fingerprint density at radius 3 is 2.54 bits per heavy atom. The topological polar surface area (TPSA) is 127 Å². The van der Waals surface area contributed by atoms with Gasteiger partial charge in [0.2, 0.25) is 11.5 Å². The first-order valence-electron chi connectivity index (χ1n) is 7.29. The molecule has 0 unspecified atom stereocenters. The lowest BCUT2D eigenvalue weighted by molar-refractivity contribution is -0.385. The molecule has 0 saturated heterocycles. The van der Waals surface area contributed by atoms with Crippen LogP contribution in [0.25, 0.3) is 21.2 Å². The number of hydrogen-bond acceptors (Lipinski definition) is 8. The Labute approximate surface area is 149 Å². The summed E-state index contributed by atoms with van der Waals surface area (Å²) in [6.07, 6.45) is 0. The highest BCUT2D eigenvalue weighted by molar-refractivity contribution is 7.21. The molecule has 2 aromatic carbocycles. The summed E-state index contributed by atoms with van der Waals surface area (Å²) in [6.45, 7) is 0. The Morgan fingerprint density at radius 1 is 1.15 bits per heavy atom. The standard InChI is InChI=1S/C17H9NO7S/c1-25-17(22)16-10-6-2-3-7(18(23)24)14(20)11(6)15(21)12-8(19)4-5-9(26-16)13(10)12/h2-5,19-20H,1H3. The SMILES string of the molecule is COC(=O)c1sc2ccc(O)c3c2c1-c1ccc([N+](=O)[O-])c(O)c1C3=O. The minimum absolute atomic E-state index is 0.104. The second kappa shape index (κ2) is 5.27. The van der Waals surface area contributed by atoms with Crippen LogP contribution < -0.4 is 0 Å². The number of methoxy groups -OCH3 is 1. The minimum Gasteiger partial charge on any atom is -0.507 e.